The number of fused-ring (bicyclic) bond motifs is 1. The first-order valence-electron chi connectivity index (χ1n) is 19.7. The highest BCUT2D eigenvalue weighted by Crippen LogP contribution is 2.41. The molecule has 0 saturated heterocycles. The van der Waals surface area contributed by atoms with E-state index in [4.69, 9.17) is 24.0 Å². The minimum Gasteiger partial charge on any atom is -0.508 e. The van der Waals surface area contributed by atoms with Crippen LogP contribution >= 0.6 is 7.60 Å². The van der Waals surface area contributed by atoms with Gasteiger partial charge >= 0.3 is 29.2 Å². The SMILES string of the molecule is C=CCOc1cc(O)c(C)c(C(C)=O)c1C(C)=O.C=CCOc1cc(OS(=O)(=O)C(F)(F)F)c(C)c(C(C)=O)c1C(C)=O.CCc1c(C)c2c(c(O)c1C/C=C(\C)CP(=O)(O)O)C(=O)OC2. The molecule has 1 aliphatic rings. The predicted molar refractivity (Wildman–Crippen MR) is 237 cm³/mol. The van der Waals surface area contributed by atoms with E-state index in [0.717, 1.165) is 36.6 Å². The van der Waals surface area contributed by atoms with Crippen LogP contribution < -0.4 is 13.7 Å². The van der Waals surface area contributed by atoms with Gasteiger partial charge in [0.15, 0.2) is 23.1 Å². The third-order valence-electron chi connectivity index (χ3n) is 9.74. The number of carbonyl (C=O) groups excluding carboxylic acids is 5. The van der Waals surface area contributed by atoms with Gasteiger partial charge in [-0.2, -0.15) is 21.6 Å². The van der Waals surface area contributed by atoms with Crippen LogP contribution in [0.5, 0.6) is 28.7 Å². The number of hydrogen-bond acceptors (Lipinski definition) is 14. The van der Waals surface area contributed by atoms with Crippen molar-refractivity contribution in [3.63, 3.8) is 0 Å². The van der Waals surface area contributed by atoms with E-state index >= 15 is 0 Å². The number of esters is 1. The van der Waals surface area contributed by atoms with Gasteiger partial charge < -0.3 is 38.4 Å². The summed E-state index contributed by atoms with van der Waals surface area (Å²) in [7, 11) is -10.1. The molecule has 66 heavy (non-hydrogen) atoms. The summed E-state index contributed by atoms with van der Waals surface area (Å²) in [4.78, 5) is 76.9. The number of cyclic esters (lactones) is 1. The molecule has 0 radical (unpaired) electrons. The summed E-state index contributed by atoms with van der Waals surface area (Å²) < 4.78 is 90.8. The number of Topliss-reactive ketones (excluding diaryl/α,β-unsaturated/α-hetero) is 4. The van der Waals surface area contributed by atoms with Crippen LogP contribution in [-0.4, -0.2) is 82.4 Å². The zero-order chi connectivity index (χ0) is 50.8. The fourth-order valence-electron chi connectivity index (χ4n) is 6.84. The summed E-state index contributed by atoms with van der Waals surface area (Å²) in [5.74, 6) is -3.31. The van der Waals surface area contributed by atoms with Crippen LogP contribution in [0.4, 0.5) is 13.2 Å². The standard InChI is InChI=1S/C16H21O6P.C15H15F3O6S.C14H16O4/c1-4-11-10(3)13-7-22-16(18)14(13)15(17)12(11)6-5-9(2)8-23(19,20)21;1-5-6-23-12-7-11(24-25(21,22)15(16,17)18)8(2)13(9(3)19)14(12)10(4)20;1-5-6-18-12-7-11(17)8(2)13(9(3)15)14(12)10(4)16/h5,17H,4,6-8H2,1-3H3,(H2,19,20,21);5,7H,1,6H2,2-4H3;5,7,17H,1,6H2,2-4H3/b9-5+;;. The quantitative estimate of drug-likeness (QED) is 0.0247. The minimum absolute atomic E-state index is 0.0655. The van der Waals surface area contributed by atoms with E-state index in [9.17, 15) is 60.3 Å². The van der Waals surface area contributed by atoms with Gasteiger partial charge in [-0.1, -0.05) is 43.9 Å². The van der Waals surface area contributed by atoms with Crippen LogP contribution in [-0.2, 0) is 38.9 Å². The summed E-state index contributed by atoms with van der Waals surface area (Å²) in [6.45, 7) is 20.3. The normalized spacial score (nSPS) is 12.3. The zero-order valence-corrected chi connectivity index (χ0v) is 39.4. The minimum atomic E-state index is -5.96. The Morgan fingerprint density at radius 1 is 0.788 bits per heavy atom. The van der Waals surface area contributed by atoms with Gasteiger partial charge in [0.25, 0.3) is 0 Å². The number of phenolic OH excluding ortho intramolecular Hbond substituents is 2. The van der Waals surface area contributed by atoms with Gasteiger partial charge in [-0.25, -0.2) is 4.79 Å². The molecule has 0 amide bonds. The first-order valence-corrected chi connectivity index (χ1v) is 22.9. The van der Waals surface area contributed by atoms with E-state index in [0.29, 0.717) is 29.5 Å². The van der Waals surface area contributed by atoms with Crippen LogP contribution in [0.3, 0.4) is 0 Å². The highest BCUT2D eigenvalue weighted by molar-refractivity contribution is 7.88. The van der Waals surface area contributed by atoms with Crippen LogP contribution in [0.15, 0.2) is 49.1 Å². The number of hydrogen-bond donors (Lipinski definition) is 4. The van der Waals surface area contributed by atoms with Gasteiger partial charge in [0.2, 0.25) is 0 Å². The summed E-state index contributed by atoms with van der Waals surface area (Å²) in [5.41, 5.74) is -1.55. The van der Waals surface area contributed by atoms with Crippen molar-refractivity contribution >= 4 is 46.8 Å². The highest BCUT2D eigenvalue weighted by Gasteiger charge is 2.49. The number of aromatic hydroxyl groups is 2. The molecule has 0 atom stereocenters. The fraction of sp³-hybridized carbons (Fsp3) is 0.356. The first-order chi connectivity index (χ1) is 30.4. The third kappa shape index (κ3) is 13.7. The largest absolute Gasteiger partial charge is 0.534 e. The molecule has 3 aromatic carbocycles. The third-order valence-corrected chi connectivity index (χ3v) is 11.6. The second-order valence-electron chi connectivity index (χ2n) is 14.7. The van der Waals surface area contributed by atoms with E-state index in [1.54, 1.807) is 19.9 Å². The van der Waals surface area contributed by atoms with E-state index in [-0.39, 0.29) is 93.9 Å². The number of allylic oxidation sites excluding steroid dienone is 2. The Balaban J connectivity index is 0.000000345. The van der Waals surface area contributed by atoms with E-state index in [2.05, 4.69) is 17.3 Å². The molecule has 3 aromatic rings. The lowest BCUT2D eigenvalue weighted by Gasteiger charge is -2.18. The van der Waals surface area contributed by atoms with Crippen molar-refractivity contribution < 1.29 is 88.5 Å². The predicted octanol–water partition coefficient (Wildman–Crippen LogP) is 8.46. The fourth-order valence-corrected chi connectivity index (χ4v) is 8.12. The molecule has 0 aliphatic carbocycles. The Morgan fingerprint density at radius 2 is 1.26 bits per heavy atom. The van der Waals surface area contributed by atoms with Crippen LogP contribution in [0, 0.1) is 20.8 Å². The zero-order valence-electron chi connectivity index (χ0n) is 37.7. The number of ether oxygens (including phenoxy) is 3. The summed E-state index contributed by atoms with van der Waals surface area (Å²) in [6.07, 6.45) is 5.17. The molecular weight excluding hydrogens is 917 g/mol. The van der Waals surface area contributed by atoms with Crippen molar-refractivity contribution in [2.75, 3.05) is 19.4 Å². The lowest BCUT2D eigenvalue weighted by molar-refractivity contribution is -0.0500. The summed E-state index contributed by atoms with van der Waals surface area (Å²) >= 11 is 0. The molecule has 1 heterocycles. The monoisotopic (exact) mass is 968 g/mol. The van der Waals surface area contributed by atoms with Gasteiger partial charge in [-0.3, -0.25) is 23.7 Å². The maximum atomic E-state index is 12.5. The molecule has 0 spiro atoms. The molecule has 0 aromatic heterocycles. The number of halogens is 3. The molecule has 0 saturated carbocycles. The number of rotatable bonds is 17. The molecule has 4 N–H and O–H groups in total. The Bertz CT molecular complexity index is 2640. The van der Waals surface area contributed by atoms with E-state index in [1.165, 1.54) is 39.0 Å². The molecule has 16 nitrogen and oxygen atoms in total. The van der Waals surface area contributed by atoms with Gasteiger partial charge in [0.1, 0.15) is 54.1 Å². The molecule has 4 rings (SSSR count). The van der Waals surface area contributed by atoms with Gasteiger partial charge in [0, 0.05) is 45.5 Å². The smallest absolute Gasteiger partial charge is 0.508 e. The lowest BCUT2D eigenvalue weighted by atomic mass is 9.89. The second-order valence-corrected chi connectivity index (χ2v) is 17.9. The first kappa shape index (κ1) is 56.1. The van der Waals surface area contributed by atoms with Crippen molar-refractivity contribution in [1.82, 2.24) is 0 Å². The molecule has 0 bridgehead atoms. The van der Waals surface area contributed by atoms with Crippen LogP contribution in [0.2, 0.25) is 0 Å². The molecule has 0 fully saturated rings. The second kappa shape index (κ2) is 22.9. The molecular formula is C45H52F3O16PS. The Morgan fingerprint density at radius 3 is 1.68 bits per heavy atom. The molecule has 360 valence electrons. The van der Waals surface area contributed by atoms with Crippen molar-refractivity contribution in [3.05, 3.63) is 110 Å². The molecule has 0 unspecified atom stereocenters. The molecule has 21 heteroatoms. The van der Waals surface area contributed by atoms with Crippen molar-refractivity contribution in [3.8, 4) is 28.7 Å². The van der Waals surface area contributed by atoms with Gasteiger partial charge in [-0.05, 0) is 79.4 Å². The Kier molecular flexibility index (Phi) is 19.4. The Labute approximate surface area is 380 Å². The van der Waals surface area contributed by atoms with Crippen molar-refractivity contribution in [2.24, 2.45) is 0 Å². The number of carbonyl (C=O) groups is 5. The maximum Gasteiger partial charge on any atom is 0.534 e. The number of alkyl halides is 3. The van der Waals surface area contributed by atoms with Gasteiger partial charge in [-0.15, -0.1) is 0 Å². The van der Waals surface area contributed by atoms with E-state index in [1.807, 2.05) is 13.8 Å². The van der Waals surface area contributed by atoms with Crippen LogP contribution in [0.1, 0.15) is 127 Å². The van der Waals surface area contributed by atoms with Crippen molar-refractivity contribution in [1.29, 1.82) is 0 Å². The highest BCUT2D eigenvalue weighted by atomic mass is 32.2. The topological polar surface area (TPSA) is 254 Å². The van der Waals surface area contributed by atoms with Crippen LogP contribution in [0.25, 0.3) is 0 Å². The number of ketones is 4. The summed E-state index contributed by atoms with van der Waals surface area (Å²) in [6, 6.07) is 2.17. The van der Waals surface area contributed by atoms with Gasteiger partial charge in [0.05, 0.1) is 17.3 Å². The lowest BCUT2D eigenvalue weighted by Crippen LogP contribution is -2.28. The molecule has 1 aliphatic heterocycles. The van der Waals surface area contributed by atoms with Crippen molar-refractivity contribution in [2.45, 2.75) is 87.3 Å². The average Bonchev–Trinajstić information content (AvgIpc) is 3.59. The summed E-state index contributed by atoms with van der Waals surface area (Å²) in [5, 5.41) is 20.2. The number of phenols is 2. The maximum absolute atomic E-state index is 12.5. The number of benzene rings is 3. The average molecular weight is 969 g/mol. The van der Waals surface area contributed by atoms with E-state index < -0.39 is 46.5 Å². The Hall–Kier alpha value is -6.08.